The molecule has 1 heterocycles. The van der Waals surface area contributed by atoms with E-state index in [0.29, 0.717) is 0 Å². The van der Waals surface area contributed by atoms with Gasteiger partial charge in [-0.2, -0.15) is 0 Å². The molecule has 22 heteroatoms. The fourth-order valence-corrected chi connectivity index (χ4v) is 11.5. The summed E-state index contributed by atoms with van der Waals surface area (Å²) in [4.78, 5) is 1.51. The summed E-state index contributed by atoms with van der Waals surface area (Å²) in [6.07, 6.45) is 0. The van der Waals surface area contributed by atoms with E-state index in [2.05, 4.69) is 10.3 Å². The van der Waals surface area contributed by atoms with E-state index >= 15 is 0 Å². The van der Waals surface area contributed by atoms with Gasteiger partial charge in [0.2, 0.25) is 0 Å². The van der Waals surface area contributed by atoms with Crippen LogP contribution in [0.1, 0.15) is 0 Å². The quantitative estimate of drug-likeness (QED) is 0.126. The Morgan fingerprint density at radius 3 is 1.45 bits per heavy atom. The Balaban J connectivity index is 3.99. The molecule has 29 heavy (non-hydrogen) atoms. The molecule has 0 aromatic rings. The van der Waals surface area contributed by atoms with Crippen molar-refractivity contribution in [3.63, 3.8) is 0 Å². The van der Waals surface area contributed by atoms with Crippen LogP contribution in [0.2, 0.25) is 19.6 Å². The van der Waals surface area contributed by atoms with Crippen molar-refractivity contribution in [1.29, 1.82) is 0 Å². The molecule has 0 unspecified atom stereocenters. The molecular weight excluding hydrogens is 534 g/mol. The maximum atomic E-state index is 14.4. The summed E-state index contributed by atoms with van der Waals surface area (Å²) in [6, 6.07) is 1.53. The molecule has 0 radical (unpaired) electrons. The van der Waals surface area contributed by atoms with Crippen LogP contribution in [0, 0.1) is 11.6 Å². The van der Waals surface area contributed by atoms with Crippen LogP contribution >= 0.6 is 30.5 Å². The van der Waals surface area contributed by atoms with Gasteiger partial charge in [-0.3, -0.25) is 0 Å². The summed E-state index contributed by atoms with van der Waals surface area (Å²) < 4.78 is 167. The number of alkyl halides is 6. The van der Waals surface area contributed by atoms with E-state index in [0.717, 1.165) is 9.72 Å². The number of rotatable bonds is 0. The van der Waals surface area contributed by atoms with Gasteiger partial charge < -0.3 is 0 Å². The van der Waals surface area contributed by atoms with Gasteiger partial charge >= 0.3 is 157 Å². The van der Waals surface area contributed by atoms with Crippen LogP contribution in [-0.2, 0) is 0 Å². The number of hydrogen-bond donors (Lipinski definition) is 0. The van der Waals surface area contributed by atoms with Gasteiger partial charge in [0.25, 0.3) is 0 Å². The summed E-state index contributed by atoms with van der Waals surface area (Å²) in [5, 5.41) is 0. The van der Waals surface area contributed by atoms with E-state index in [1.165, 1.54) is 25.7 Å². The van der Waals surface area contributed by atoms with Crippen molar-refractivity contribution in [2.45, 2.75) is 31.5 Å². The van der Waals surface area contributed by atoms with Gasteiger partial charge in [-0.1, -0.05) is 0 Å². The van der Waals surface area contributed by atoms with Crippen LogP contribution < -0.4 is 0 Å². The molecule has 0 amide bonds. The monoisotopic (exact) mass is 543 g/mol. The molecule has 172 valence electrons. The van der Waals surface area contributed by atoms with Crippen molar-refractivity contribution in [2.75, 3.05) is 0 Å². The summed E-state index contributed by atoms with van der Waals surface area (Å²) in [5.74, 6) is -14.9. The molecule has 0 aromatic carbocycles. The summed E-state index contributed by atoms with van der Waals surface area (Å²) in [7, 11) is -33.8. The first-order chi connectivity index (χ1) is 12.4. The van der Waals surface area contributed by atoms with Crippen LogP contribution in [0.5, 0.6) is 0 Å². The van der Waals surface area contributed by atoms with E-state index in [1.54, 1.807) is 9.03 Å². The van der Waals surface area contributed by atoms with Gasteiger partial charge in [-0.25, -0.2) is 0 Å². The van der Waals surface area contributed by atoms with Gasteiger partial charge in [0.15, 0.2) is 0 Å². The number of halogens is 12. The van der Waals surface area contributed by atoms with Gasteiger partial charge in [0.05, 0.1) is 0 Å². The normalized spacial score (nSPS) is 30.0. The first kappa shape index (κ1) is 27.0. The van der Waals surface area contributed by atoms with Crippen molar-refractivity contribution >= 4 is 38.6 Å². The second-order valence-corrected chi connectivity index (χ2v) is 19.7. The first-order valence-corrected chi connectivity index (χ1v) is 16.6. The zero-order valence-electron chi connectivity index (χ0n) is 14.1. The van der Waals surface area contributed by atoms with Crippen LogP contribution in [0.4, 0.5) is 51.5 Å². The molecule has 1 aliphatic heterocycles. The Labute approximate surface area is 157 Å². The molecule has 0 atom stereocenters. The van der Waals surface area contributed by atoms with Crippen LogP contribution in [0.15, 0.2) is 13.8 Å². The average Bonchev–Trinajstić information content (AvgIpc) is 2.28. The van der Waals surface area contributed by atoms with E-state index in [9.17, 15) is 51.5 Å². The molecule has 0 bridgehead atoms. The van der Waals surface area contributed by atoms with E-state index < -0.39 is 50.4 Å². The zero-order chi connectivity index (χ0) is 23.4. The fraction of sp³-hybridized carbons (Fsp3) is 0.714. The zero-order valence-corrected chi connectivity index (χ0v) is 18.6. The third kappa shape index (κ3) is 5.62. The molecule has 0 saturated heterocycles. The van der Waals surface area contributed by atoms with E-state index in [1.807, 2.05) is 0 Å². The molecule has 0 aromatic heterocycles. The van der Waals surface area contributed by atoms with E-state index in [-0.39, 0.29) is 0 Å². The van der Waals surface area contributed by atoms with Crippen molar-refractivity contribution < 1.29 is 51.5 Å². The molecule has 0 N–H and O–H groups in total. The standard InChI is InChI=1S/C7H9F12N5P4Si/c1-29(2,3)5-4-20-27(18)21-25(14,15)23-28(19,6(8,9)10,7(11,12)13)24-26(16,17)22-27/h1-3H3/q-2. The van der Waals surface area contributed by atoms with Crippen LogP contribution in [0.25, 0.3) is 9.72 Å². The predicted octanol–water partition coefficient (Wildman–Crippen LogP) is 10.6. The molecule has 0 fully saturated rings. The minimum absolute atomic E-state index is 0.756. The molecule has 0 spiro atoms. The summed E-state index contributed by atoms with van der Waals surface area (Å²) in [5.41, 5.74) is 2.20. The topological polar surface area (TPSA) is 65.3 Å². The van der Waals surface area contributed by atoms with Crippen LogP contribution in [0.3, 0.4) is 0 Å². The second-order valence-electron chi connectivity index (χ2n) is 6.21. The van der Waals surface area contributed by atoms with Gasteiger partial charge in [-0.15, -0.1) is 0 Å². The molecule has 1 rings (SSSR count). The van der Waals surface area contributed by atoms with Crippen LogP contribution in [-0.4, -0.2) is 19.9 Å². The van der Waals surface area contributed by atoms with Crippen molar-refractivity contribution in [1.82, 2.24) is 0 Å². The van der Waals surface area contributed by atoms with Crippen molar-refractivity contribution in [3.05, 3.63) is 9.72 Å². The summed E-state index contributed by atoms with van der Waals surface area (Å²) >= 11 is 0. The van der Waals surface area contributed by atoms with Gasteiger partial charge in [-0.05, 0) is 0 Å². The van der Waals surface area contributed by atoms with Gasteiger partial charge in [0, 0.05) is 0 Å². The molecule has 0 saturated carbocycles. The Kier molecular flexibility index (Phi) is 6.76. The fourth-order valence-electron chi connectivity index (χ4n) is 1.38. The van der Waals surface area contributed by atoms with Gasteiger partial charge in [0.1, 0.15) is 0 Å². The maximum absolute atomic E-state index is 14.4. The molecular formula is C7H9F12N5P4Si-2. The third-order valence-corrected chi connectivity index (χ3v) is 13.4. The SMILES string of the molecule is C[Si](C)(C)C#CN=P1(F)N=P(F)(F)[N-]P(F)(C(F)(F)F)(C(F)(F)F)[N-]P(F)(F)=N1. The minimum atomic E-state index is -10.1. The Morgan fingerprint density at radius 1 is 0.828 bits per heavy atom. The predicted molar refractivity (Wildman–Crippen MR) is 91.6 cm³/mol. The molecule has 1 aliphatic rings. The Hall–Kier alpha value is -0.0231. The third-order valence-electron chi connectivity index (χ3n) is 2.49. The average molecular weight is 543 g/mol. The van der Waals surface area contributed by atoms with Crippen molar-refractivity contribution in [3.8, 4) is 11.6 Å². The number of hydrogen-bond acceptors (Lipinski definition) is 1. The number of nitrogens with zero attached hydrogens (tertiary/aromatic N) is 5. The summed E-state index contributed by atoms with van der Waals surface area (Å²) in [6.45, 7) is 4.54. The first-order valence-electron chi connectivity index (χ1n) is 6.62. The second kappa shape index (κ2) is 7.25. The molecule has 5 nitrogen and oxygen atoms in total. The van der Waals surface area contributed by atoms with Crippen molar-refractivity contribution in [2.24, 2.45) is 13.8 Å². The van der Waals surface area contributed by atoms with E-state index in [4.69, 9.17) is 0 Å². The Morgan fingerprint density at radius 2 is 1.17 bits per heavy atom. The Bertz CT molecular complexity index is 858. The molecule has 0 aliphatic carbocycles.